The summed E-state index contributed by atoms with van der Waals surface area (Å²) in [6.45, 7) is 3.32. The average molecular weight is 321 g/mol. The molecule has 0 saturated carbocycles. The number of unbranched alkanes of at least 4 members (excludes halogenated alkanes) is 1. The van der Waals surface area contributed by atoms with Crippen molar-refractivity contribution in [3.8, 4) is 0 Å². The van der Waals surface area contributed by atoms with Gasteiger partial charge in [-0.15, -0.1) is 0 Å². The lowest BCUT2D eigenvalue weighted by atomic mass is 10.1. The van der Waals surface area contributed by atoms with E-state index in [-0.39, 0.29) is 24.3 Å². The quantitative estimate of drug-likeness (QED) is 0.807. The summed E-state index contributed by atoms with van der Waals surface area (Å²) >= 11 is 0. The molecule has 0 aliphatic carbocycles. The lowest BCUT2D eigenvalue weighted by Crippen LogP contribution is -2.41. The molecule has 1 saturated heterocycles. The van der Waals surface area contributed by atoms with Crippen LogP contribution in [0.2, 0.25) is 0 Å². The van der Waals surface area contributed by atoms with Crippen LogP contribution in [-0.4, -0.2) is 45.8 Å². The van der Waals surface area contributed by atoms with E-state index in [9.17, 15) is 9.59 Å². The summed E-state index contributed by atoms with van der Waals surface area (Å²) in [6.07, 6.45) is 4.92. The molecule has 0 radical (unpaired) electrons. The Hall–Kier alpha value is -1.96. The van der Waals surface area contributed by atoms with Gasteiger partial charge in [-0.3, -0.25) is 14.9 Å². The minimum Gasteiger partial charge on any atom is -0.376 e. The number of amides is 2. The third-order valence-electron chi connectivity index (χ3n) is 4.18. The summed E-state index contributed by atoms with van der Waals surface area (Å²) in [4.78, 5) is 28.6. The monoisotopic (exact) mass is 321 g/mol. The molecule has 2 aliphatic heterocycles. The molecule has 2 atom stereocenters. The number of hydrogen-bond donors (Lipinski definition) is 2. The molecule has 0 spiro atoms. The molecule has 0 unspecified atom stereocenters. The summed E-state index contributed by atoms with van der Waals surface area (Å²) in [5.74, 6) is 0.623. The van der Waals surface area contributed by atoms with Crippen LogP contribution in [-0.2, 0) is 20.7 Å². The van der Waals surface area contributed by atoms with Gasteiger partial charge in [-0.1, -0.05) is 13.3 Å². The molecule has 126 valence electrons. The first kappa shape index (κ1) is 15.9. The van der Waals surface area contributed by atoms with Gasteiger partial charge < -0.3 is 10.1 Å². The summed E-state index contributed by atoms with van der Waals surface area (Å²) in [6, 6.07) is -0.636. The molecule has 23 heavy (non-hydrogen) atoms. The molecule has 2 N–H and O–H groups in total. The number of fused-ring (bicyclic) bond motifs is 1. The predicted molar refractivity (Wildman–Crippen MR) is 82.9 cm³/mol. The zero-order valence-electron chi connectivity index (χ0n) is 13.4. The van der Waals surface area contributed by atoms with E-state index in [1.165, 1.54) is 4.68 Å². The van der Waals surface area contributed by atoms with Crippen LogP contribution in [0.1, 0.15) is 50.9 Å². The largest absolute Gasteiger partial charge is 0.376 e. The van der Waals surface area contributed by atoms with Crippen molar-refractivity contribution in [3.05, 3.63) is 5.82 Å². The van der Waals surface area contributed by atoms with Crippen LogP contribution in [0.15, 0.2) is 0 Å². The van der Waals surface area contributed by atoms with Crippen molar-refractivity contribution in [2.24, 2.45) is 0 Å². The van der Waals surface area contributed by atoms with Gasteiger partial charge in [-0.25, -0.2) is 4.68 Å². The molecule has 3 heterocycles. The number of carbonyl (C=O) groups excluding carboxylic acids is 2. The number of hydrogen-bond acceptors (Lipinski definition) is 5. The maximum atomic E-state index is 12.5. The van der Waals surface area contributed by atoms with Gasteiger partial charge in [0.1, 0.15) is 6.04 Å². The van der Waals surface area contributed by atoms with Gasteiger partial charge in [0.25, 0.3) is 0 Å². The van der Waals surface area contributed by atoms with Crippen molar-refractivity contribution in [1.29, 1.82) is 0 Å². The van der Waals surface area contributed by atoms with Crippen LogP contribution in [0, 0.1) is 0 Å². The molecular formula is C15H23N5O3. The number of nitrogens with one attached hydrogen (secondary N) is 2. The van der Waals surface area contributed by atoms with Gasteiger partial charge in [0, 0.05) is 19.6 Å². The van der Waals surface area contributed by atoms with Gasteiger partial charge in [-0.05, 0) is 19.3 Å². The van der Waals surface area contributed by atoms with E-state index in [1.807, 2.05) is 0 Å². The normalized spacial score (nSPS) is 23.4. The summed E-state index contributed by atoms with van der Waals surface area (Å²) in [5, 5.41) is 9.96. The Labute approximate surface area is 135 Å². The molecule has 1 fully saturated rings. The van der Waals surface area contributed by atoms with Gasteiger partial charge in [0.2, 0.25) is 17.8 Å². The van der Waals surface area contributed by atoms with Gasteiger partial charge >= 0.3 is 0 Å². The maximum Gasteiger partial charge on any atom is 0.245 e. The van der Waals surface area contributed by atoms with E-state index in [1.54, 1.807) is 0 Å². The van der Waals surface area contributed by atoms with Crippen LogP contribution in [0.25, 0.3) is 0 Å². The molecule has 2 amide bonds. The van der Waals surface area contributed by atoms with Crippen LogP contribution < -0.4 is 10.6 Å². The SMILES string of the molecule is CCCCc1nc2n(n1)[C@H](C(=O)NC[C@@H]1CCCO1)CC(=O)N2. The zero-order valence-corrected chi connectivity index (χ0v) is 13.4. The molecule has 3 rings (SSSR count). The van der Waals surface area contributed by atoms with Crippen molar-refractivity contribution < 1.29 is 14.3 Å². The number of aryl methyl sites for hydroxylation is 1. The van der Waals surface area contributed by atoms with Gasteiger partial charge in [0.05, 0.1) is 12.5 Å². The Morgan fingerprint density at radius 2 is 2.39 bits per heavy atom. The van der Waals surface area contributed by atoms with Gasteiger partial charge in [-0.2, -0.15) is 10.1 Å². The van der Waals surface area contributed by atoms with Crippen molar-refractivity contribution >= 4 is 17.8 Å². The summed E-state index contributed by atoms with van der Waals surface area (Å²) in [7, 11) is 0. The first-order valence-electron chi connectivity index (χ1n) is 8.32. The maximum absolute atomic E-state index is 12.5. The van der Waals surface area contributed by atoms with E-state index >= 15 is 0 Å². The van der Waals surface area contributed by atoms with E-state index in [2.05, 4.69) is 27.6 Å². The average Bonchev–Trinajstić information content (AvgIpc) is 3.18. The highest BCUT2D eigenvalue weighted by Crippen LogP contribution is 2.23. The van der Waals surface area contributed by atoms with Crippen LogP contribution in [0.5, 0.6) is 0 Å². The van der Waals surface area contributed by atoms with E-state index in [0.717, 1.165) is 38.7 Å². The van der Waals surface area contributed by atoms with E-state index < -0.39 is 6.04 Å². The number of carbonyl (C=O) groups is 2. The summed E-state index contributed by atoms with van der Waals surface area (Å²) in [5.41, 5.74) is 0. The highest BCUT2D eigenvalue weighted by molar-refractivity contribution is 5.96. The predicted octanol–water partition coefficient (Wildman–Crippen LogP) is 0.799. The number of ether oxygens (including phenoxy) is 1. The topological polar surface area (TPSA) is 98.1 Å². The Morgan fingerprint density at radius 1 is 1.52 bits per heavy atom. The Balaban J connectivity index is 1.68. The van der Waals surface area contributed by atoms with Crippen molar-refractivity contribution in [2.45, 2.75) is 57.6 Å². The molecule has 2 aliphatic rings. The minimum absolute atomic E-state index is 0.0756. The highest BCUT2D eigenvalue weighted by atomic mass is 16.5. The Bertz CT molecular complexity index is 580. The van der Waals surface area contributed by atoms with Crippen molar-refractivity contribution in [3.63, 3.8) is 0 Å². The van der Waals surface area contributed by atoms with Crippen LogP contribution in [0.3, 0.4) is 0 Å². The molecule has 8 nitrogen and oxygen atoms in total. The second kappa shape index (κ2) is 7.08. The third-order valence-corrected chi connectivity index (χ3v) is 4.18. The fourth-order valence-electron chi connectivity index (χ4n) is 2.89. The second-order valence-corrected chi connectivity index (χ2v) is 6.05. The smallest absolute Gasteiger partial charge is 0.245 e. The zero-order chi connectivity index (χ0) is 16.2. The molecule has 8 heteroatoms. The molecule has 0 aromatic carbocycles. The fourth-order valence-corrected chi connectivity index (χ4v) is 2.89. The molecule has 1 aromatic rings. The second-order valence-electron chi connectivity index (χ2n) is 6.05. The highest BCUT2D eigenvalue weighted by Gasteiger charge is 2.33. The van der Waals surface area contributed by atoms with Crippen molar-refractivity contribution in [2.75, 3.05) is 18.5 Å². The lowest BCUT2D eigenvalue weighted by molar-refractivity contribution is -0.129. The van der Waals surface area contributed by atoms with E-state index in [4.69, 9.17) is 4.74 Å². The van der Waals surface area contributed by atoms with Crippen LogP contribution >= 0.6 is 0 Å². The lowest BCUT2D eigenvalue weighted by Gasteiger charge is -2.23. The molecule has 0 bridgehead atoms. The number of rotatable bonds is 6. The Kier molecular flexibility index (Phi) is 4.90. The van der Waals surface area contributed by atoms with Crippen molar-refractivity contribution in [1.82, 2.24) is 20.1 Å². The summed E-state index contributed by atoms with van der Waals surface area (Å²) < 4.78 is 7.04. The molecular weight excluding hydrogens is 298 g/mol. The standard InChI is InChI=1S/C15H23N5O3/c1-2-3-6-12-17-15-18-13(21)8-11(20(15)19-12)14(22)16-9-10-5-4-7-23-10/h10-11H,2-9H2,1H3,(H,16,22)(H,17,18,19,21)/t10-,11-/m0/s1. The first-order chi connectivity index (χ1) is 11.2. The van der Waals surface area contributed by atoms with Crippen LogP contribution in [0.4, 0.5) is 5.95 Å². The minimum atomic E-state index is -0.636. The van der Waals surface area contributed by atoms with Gasteiger partial charge in [0.15, 0.2) is 5.82 Å². The fraction of sp³-hybridized carbons (Fsp3) is 0.733. The number of nitrogens with zero attached hydrogens (tertiary/aromatic N) is 3. The Morgan fingerprint density at radius 3 is 3.13 bits per heavy atom. The number of aromatic nitrogens is 3. The number of anilines is 1. The first-order valence-corrected chi connectivity index (χ1v) is 8.32. The molecule has 1 aromatic heterocycles. The van der Waals surface area contributed by atoms with E-state index in [0.29, 0.717) is 18.3 Å². The third kappa shape index (κ3) is 3.69.